The third kappa shape index (κ3) is 4.33. The molecule has 0 bridgehead atoms. The molecule has 1 aliphatic heterocycles. The summed E-state index contributed by atoms with van der Waals surface area (Å²) in [6.07, 6.45) is 1.54. The zero-order valence-electron chi connectivity index (χ0n) is 16.4. The van der Waals surface area contributed by atoms with Gasteiger partial charge in [-0.3, -0.25) is 0 Å². The van der Waals surface area contributed by atoms with Gasteiger partial charge in [-0.15, -0.1) is 0 Å². The van der Waals surface area contributed by atoms with Crippen LogP contribution in [0, 0.1) is 0 Å². The highest BCUT2D eigenvalue weighted by Crippen LogP contribution is 2.26. The van der Waals surface area contributed by atoms with E-state index in [1.807, 2.05) is 30.3 Å². The lowest BCUT2D eigenvalue weighted by atomic mass is 10.1. The van der Waals surface area contributed by atoms with Gasteiger partial charge in [0.2, 0.25) is 10.0 Å². The van der Waals surface area contributed by atoms with E-state index in [4.69, 9.17) is 4.74 Å². The molecule has 0 saturated carbocycles. The highest BCUT2D eigenvalue weighted by molar-refractivity contribution is 9.10. The number of hydrogen-bond donors (Lipinski definition) is 0. The maximum absolute atomic E-state index is 12.9. The minimum Gasteiger partial charge on any atom is -0.497 e. The first-order valence-electron chi connectivity index (χ1n) is 9.44. The first-order chi connectivity index (χ1) is 14.5. The van der Waals surface area contributed by atoms with Gasteiger partial charge in [0.15, 0.2) is 0 Å². The summed E-state index contributed by atoms with van der Waals surface area (Å²) in [5, 5.41) is 0. The quantitative estimate of drug-likeness (QED) is 0.547. The molecule has 156 valence electrons. The van der Waals surface area contributed by atoms with Gasteiger partial charge in [-0.05, 0) is 36.4 Å². The molecule has 1 aliphatic rings. The fraction of sp³-hybridized carbons (Fsp3) is 0.238. The SMILES string of the molecule is COc1cccc(-c2cc(N3CCN(S(=O)(=O)c4ccc(Br)cc4)CC3)ncn2)c1. The fourth-order valence-electron chi connectivity index (χ4n) is 3.37. The number of rotatable bonds is 5. The van der Waals surface area contributed by atoms with Gasteiger partial charge in [-0.2, -0.15) is 4.31 Å². The van der Waals surface area contributed by atoms with E-state index in [2.05, 4.69) is 30.8 Å². The summed E-state index contributed by atoms with van der Waals surface area (Å²) in [5.41, 5.74) is 1.73. The van der Waals surface area contributed by atoms with Crippen molar-refractivity contribution >= 4 is 31.8 Å². The summed E-state index contributed by atoms with van der Waals surface area (Å²) >= 11 is 3.34. The molecule has 7 nitrogen and oxygen atoms in total. The zero-order chi connectivity index (χ0) is 21.1. The Morgan fingerprint density at radius 3 is 2.40 bits per heavy atom. The number of benzene rings is 2. The molecule has 0 atom stereocenters. The molecule has 2 aromatic carbocycles. The standard InChI is InChI=1S/C21H21BrN4O3S/c1-29-18-4-2-3-16(13-18)20-14-21(24-15-23-20)25-9-11-26(12-10-25)30(27,28)19-7-5-17(22)6-8-19/h2-8,13-15H,9-12H2,1H3. The van der Waals surface area contributed by atoms with Crippen LogP contribution in [0.15, 0.2) is 70.3 Å². The minimum atomic E-state index is -3.50. The number of aromatic nitrogens is 2. The van der Waals surface area contributed by atoms with E-state index in [9.17, 15) is 8.42 Å². The molecule has 4 rings (SSSR count). The van der Waals surface area contributed by atoms with E-state index in [0.29, 0.717) is 31.1 Å². The van der Waals surface area contributed by atoms with Crippen molar-refractivity contribution in [1.82, 2.24) is 14.3 Å². The first kappa shape index (κ1) is 20.8. The molecule has 0 amide bonds. The number of methoxy groups -OCH3 is 1. The fourth-order valence-corrected chi connectivity index (χ4v) is 5.06. The van der Waals surface area contributed by atoms with Crippen molar-refractivity contribution in [2.45, 2.75) is 4.90 Å². The summed E-state index contributed by atoms with van der Waals surface area (Å²) in [5.74, 6) is 1.54. The molecular weight excluding hydrogens is 468 g/mol. The van der Waals surface area contributed by atoms with E-state index < -0.39 is 10.0 Å². The molecule has 0 spiro atoms. The Labute approximate surface area is 184 Å². The van der Waals surface area contributed by atoms with Crippen LogP contribution in [0.4, 0.5) is 5.82 Å². The second-order valence-corrected chi connectivity index (χ2v) is 9.69. The van der Waals surface area contributed by atoms with Crippen LogP contribution in [0.25, 0.3) is 11.3 Å². The third-order valence-corrected chi connectivity index (χ3v) is 7.47. The Bertz CT molecular complexity index is 1130. The van der Waals surface area contributed by atoms with Crippen LogP contribution in [-0.2, 0) is 10.0 Å². The summed E-state index contributed by atoms with van der Waals surface area (Å²) in [6, 6.07) is 16.3. The van der Waals surface area contributed by atoms with Gasteiger partial charge in [-0.25, -0.2) is 18.4 Å². The minimum absolute atomic E-state index is 0.307. The average Bonchev–Trinajstić information content (AvgIpc) is 2.79. The number of piperazine rings is 1. The Morgan fingerprint density at radius 2 is 1.70 bits per heavy atom. The lowest BCUT2D eigenvalue weighted by molar-refractivity contribution is 0.384. The van der Waals surface area contributed by atoms with E-state index in [0.717, 1.165) is 27.3 Å². The molecule has 1 fully saturated rings. The van der Waals surface area contributed by atoms with Crippen LogP contribution in [0.1, 0.15) is 0 Å². The van der Waals surface area contributed by atoms with Crippen molar-refractivity contribution in [3.8, 4) is 17.0 Å². The Kier molecular flexibility index (Phi) is 6.03. The number of nitrogens with zero attached hydrogens (tertiary/aromatic N) is 4. The van der Waals surface area contributed by atoms with Crippen molar-refractivity contribution in [3.05, 3.63) is 65.4 Å². The Balaban J connectivity index is 1.48. The smallest absolute Gasteiger partial charge is 0.243 e. The molecule has 2 heterocycles. The molecular formula is C21H21BrN4O3S. The van der Waals surface area contributed by atoms with Gasteiger partial charge < -0.3 is 9.64 Å². The van der Waals surface area contributed by atoms with Gasteiger partial charge in [0, 0.05) is 42.3 Å². The summed E-state index contributed by atoms with van der Waals surface area (Å²) in [6.45, 7) is 1.92. The van der Waals surface area contributed by atoms with Gasteiger partial charge in [0.05, 0.1) is 17.7 Å². The van der Waals surface area contributed by atoms with E-state index in [1.54, 1.807) is 31.4 Å². The van der Waals surface area contributed by atoms with Gasteiger partial charge >= 0.3 is 0 Å². The second-order valence-electron chi connectivity index (χ2n) is 6.84. The van der Waals surface area contributed by atoms with E-state index in [1.165, 1.54) is 10.6 Å². The predicted molar refractivity (Wildman–Crippen MR) is 119 cm³/mol. The van der Waals surface area contributed by atoms with Gasteiger partial charge in [0.1, 0.15) is 17.9 Å². The van der Waals surface area contributed by atoms with Crippen LogP contribution < -0.4 is 9.64 Å². The van der Waals surface area contributed by atoms with Crippen molar-refractivity contribution in [1.29, 1.82) is 0 Å². The van der Waals surface area contributed by atoms with Crippen molar-refractivity contribution < 1.29 is 13.2 Å². The summed E-state index contributed by atoms with van der Waals surface area (Å²) < 4.78 is 33.5. The highest BCUT2D eigenvalue weighted by atomic mass is 79.9. The largest absolute Gasteiger partial charge is 0.497 e. The van der Waals surface area contributed by atoms with Crippen molar-refractivity contribution in [2.75, 3.05) is 38.2 Å². The monoisotopic (exact) mass is 488 g/mol. The van der Waals surface area contributed by atoms with E-state index in [-0.39, 0.29) is 0 Å². The maximum atomic E-state index is 12.9. The molecule has 1 aromatic heterocycles. The second kappa shape index (κ2) is 8.71. The van der Waals surface area contributed by atoms with Gasteiger partial charge in [0.25, 0.3) is 0 Å². The normalized spacial score (nSPS) is 15.2. The lowest BCUT2D eigenvalue weighted by Gasteiger charge is -2.34. The molecule has 30 heavy (non-hydrogen) atoms. The van der Waals surface area contributed by atoms with Crippen LogP contribution in [0.3, 0.4) is 0 Å². The summed E-state index contributed by atoms with van der Waals surface area (Å²) in [4.78, 5) is 11.2. The number of ether oxygens (including phenoxy) is 1. The van der Waals surface area contributed by atoms with Crippen LogP contribution in [-0.4, -0.2) is 56.0 Å². The Morgan fingerprint density at radius 1 is 0.967 bits per heavy atom. The summed E-state index contributed by atoms with van der Waals surface area (Å²) in [7, 11) is -1.87. The topological polar surface area (TPSA) is 75.6 Å². The van der Waals surface area contributed by atoms with Gasteiger partial charge in [-0.1, -0.05) is 28.1 Å². The molecule has 0 N–H and O–H groups in total. The number of hydrogen-bond acceptors (Lipinski definition) is 6. The van der Waals surface area contributed by atoms with Crippen LogP contribution in [0.5, 0.6) is 5.75 Å². The van der Waals surface area contributed by atoms with Crippen LogP contribution >= 0.6 is 15.9 Å². The zero-order valence-corrected chi connectivity index (χ0v) is 18.8. The number of sulfonamides is 1. The molecule has 0 unspecified atom stereocenters. The number of halogens is 1. The molecule has 1 saturated heterocycles. The first-order valence-corrected chi connectivity index (χ1v) is 11.7. The van der Waals surface area contributed by atoms with Crippen molar-refractivity contribution in [2.24, 2.45) is 0 Å². The Hall–Kier alpha value is -2.49. The third-order valence-electron chi connectivity index (χ3n) is 5.03. The average molecular weight is 489 g/mol. The molecule has 9 heteroatoms. The molecule has 3 aromatic rings. The lowest BCUT2D eigenvalue weighted by Crippen LogP contribution is -2.48. The van der Waals surface area contributed by atoms with E-state index >= 15 is 0 Å². The number of anilines is 1. The highest BCUT2D eigenvalue weighted by Gasteiger charge is 2.29. The predicted octanol–water partition coefficient (Wildman–Crippen LogP) is 3.43. The van der Waals surface area contributed by atoms with Crippen LogP contribution in [0.2, 0.25) is 0 Å². The maximum Gasteiger partial charge on any atom is 0.243 e. The van der Waals surface area contributed by atoms with Crippen molar-refractivity contribution in [3.63, 3.8) is 0 Å². The molecule has 0 aliphatic carbocycles. The molecule has 0 radical (unpaired) electrons.